The summed E-state index contributed by atoms with van der Waals surface area (Å²) in [6.07, 6.45) is 1.77. The number of rotatable bonds is 6. The molecule has 2 atom stereocenters. The maximum atomic E-state index is 12.6. The summed E-state index contributed by atoms with van der Waals surface area (Å²) in [5.74, 6) is -0.271. The molecule has 2 fully saturated rings. The van der Waals surface area contributed by atoms with Crippen LogP contribution in [0.4, 0.5) is 5.69 Å². The molecule has 8 nitrogen and oxygen atoms in total. The van der Waals surface area contributed by atoms with Gasteiger partial charge in [-0.05, 0) is 50.6 Å². The van der Waals surface area contributed by atoms with Gasteiger partial charge in [-0.3, -0.25) is 19.8 Å². The lowest BCUT2D eigenvalue weighted by atomic mass is 9.99. The molecule has 140 valence electrons. The number of nitrogens with zero attached hydrogens (tertiary/aromatic N) is 1. The van der Waals surface area contributed by atoms with Crippen molar-refractivity contribution >= 4 is 23.4 Å². The summed E-state index contributed by atoms with van der Waals surface area (Å²) >= 11 is 0. The van der Waals surface area contributed by atoms with Crippen LogP contribution in [0.2, 0.25) is 0 Å². The number of nitrogens with one attached hydrogen (secondary N) is 3. The average molecular weight is 360 g/mol. The molecule has 0 aromatic heterocycles. The van der Waals surface area contributed by atoms with Crippen LogP contribution in [0.25, 0.3) is 0 Å². The lowest BCUT2D eigenvalue weighted by molar-refractivity contribution is -0.127. The van der Waals surface area contributed by atoms with Gasteiger partial charge < -0.3 is 10.1 Å². The number of ether oxygens (including phenoxy) is 1. The summed E-state index contributed by atoms with van der Waals surface area (Å²) in [4.78, 5) is 38.1. The smallest absolute Gasteiger partial charge is 0.253 e. The molecule has 1 aromatic carbocycles. The van der Waals surface area contributed by atoms with Crippen LogP contribution in [0, 0.1) is 5.92 Å². The Kier molecular flexibility index (Phi) is 5.85. The third-order valence-electron chi connectivity index (χ3n) is 4.59. The highest BCUT2D eigenvalue weighted by atomic mass is 16.5. The lowest BCUT2D eigenvalue weighted by Gasteiger charge is -2.23. The van der Waals surface area contributed by atoms with Crippen molar-refractivity contribution in [2.24, 2.45) is 5.92 Å². The minimum Gasteiger partial charge on any atom is -0.494 e. The molecule has 2 saturated heterocycles. The molecule has 1 aromatic rings. The number of imide groups is 1. The van der Waals surface area contributed by atoms with Crippen molar-refractivity contribution in [3.05, 3.63) is 24.3 Å². The summed E-state index contributed by atoms with van der Waals surface area (Å²) in [5.41, 5.74) is 5.82. The highest BCUT2D eigenvalue weighted by Crippen LogP contribution is 2.25. The number of carbonyl (C=O) groups is 3. The van der Waals surface area contributed by atoms with E-state index >= 15 is 0 Å². The van der Waals surface area contributed by atoms with Crippen molar-refractivity contribution in [1.29, 1.82) is 0 Å². The second-order valence-electron chi connectivity index (χ2n) is 6.43. The van der Waals surface area contributed by atoms with Crippen molar-refractivity contribution < 1.29 is 19.1 Å². The van der Waals surface area contributed by atoms with Crippen LogP contribution in [-0.2, 0) is 14.4 Å². The maximum Gasteiger partial charge on any atom is 0.253 e. The molecule has 26 heavy (non-hydrogen) atoms. The van der Waals surface area contributed by atoms with Gasteiger partial charge >= 0.3 is 0 Å². The highest BCUT2D eigenvalue weighted by Gasteiger charge is 2.40. The van der Waals surface area contributed by atoms with E-state index in [-0.39, 0.29) is 30.1 Å². The number of amides is 3. The minimum absolute atomic E-state index is 0.00917. The number of piperidine rings is 1. The Morgan fingerprint density at radius 3 is 2.73 bits per heavy atom. The van der Waals surface area contributed by atoms with Gasteiger partial charge in [-0.25, -0.2) is 10.3 Å². The van der Waals surface area contributed by atoms with E-state index in [1.165, 1.54) is 0 Å². The zero-order valence-corrected chi connectivity index (χ0v) is 14.8. The number of anilines is 1. The van der Waals surface area contributed by atoms with E-state index in [0.717, 1.165) is 24.3 Å². The largest absolute Gasteiger partial charge is 0.494 e. The average Bonchev–Trinajstić information content (AvgIpc) is 2.95. The molecule has 3 rings (SSSR count). The van der Waals surface area contributed by atoms with Crippen LogP contribution in [0.5, 0.6) is 5.75 Å². The Labute approximate surface area is 152 Å². The molecule has 2 aliphatic rings. The Balaban J connectivity index is 1.58. The van der Waals surface area contributed by atoms with E-state index in [2.05, 4.69) is 16.2 Å². The van der Waals surface area contributed by atoms with Gasteiger partial charge in [0.05, 0.1) is 24.6 Å². The predicted octanol–water partition coefficient (Wildman–Crippen LogP) is 0.338. The van der Waals surface area contributed by atoms with Crippen molar-refractivity contribution in [1.82, 2.24) is 16.2 Å². The van der Waals surface area contributed by atoms with Crippen LogP contribution >= 0.6 is 0 Å². The van der Waals surface area contributed by atoms with E-state index in [4.69, 9.17) is 4.74 Å². The Morgan fingerprint density at radius 2 is 2.08 bits per heavy atom. The zero-order chi connectivity index (χ0) is 18.5. The standard InChI is InChI=1S/C18H24N4O4/c1-2-26-14-7-5-13(6-8-14)22-16(23)10-15(18(22)25)20-21-17(24)12-4-3-9-19-11-12/h5-8,12,15,19-20H,2-4,9-11H2,1H3,(H,21,24). The third kappa shape index (κ3) is 4.03. The highest BCUT2D eigenvalue weighted by molar-refractivity contribution is 6.22. The van der Waals surface area contributed by atoms with Gasteiger partial charge in [-0.2, -0.15) is 0 Å². The first-order valence-corrected chi connectivity index (χ1v) is 8.96. The molecule has 0 spiro atoms. The van der Waals surface area contributed by atoms with E-state index in [0.29, 0.717) is 24.6 Å². The number of hydrogen-bond donors (Lipinski definition) is 3. The molecule has 3 N–H and O–H groups in total. The summed E-state index contributed by atoms with van der Waals surface area (Å²) in [7, 11) is 0. The van der Waals surface area contributed by atoms with Crippen LogP contribution in [0.1, 0.15) is 26.2 Å². The third-order valence-corrected chi connectivity index (χ3v) is 4.59. The van der Waals surface area contributed by atoms with Crippen molar-refractivity contribution in [2.75, 3.05) is 24.6 Å². The molecular weight excluding hydrogens is 336 g/mol. The topological polar surface area (TPSA) is 99.8 Å². The predicted molar refractivity (Wildman–Crippen MR) is 95.4 cm³/mol. The van der Waals surface area contributed by atoms with Gasteiger partial charge in [0.15, 0.2) is 0 Å². The van der Waals surface area contributed by atoms with Gasteiger partial charge in [0.2, 0.25) is 11.8 Å². The van der Waals surface area contributed by atoms with E-state index in [1.54, 1.807) is 24.3 Å². The minimum atomic E-state index is -0.755. The van der Waals surface area contributed by atoms with Gasteiger partial charge in [0, 0.05) is 6.54 Å². The number of benzene rings is 1. The van der Waals surface area contributed by atoms with E-state index in [1.807, 2.05) is 6.92 Å². The van der Waals surface area contributed by atoms with Gasteiger partial charge in [-0.1, -0.05) is 0 Å². The number of carbonyl (C=O) groups excluding carboxylic acids is 3. The molecular formula is C18H24N4O4. The molecule has 2 heterocycles. The Morgan fingerprint density at radius 1 is 1.31 bits per heavy atom. The molecule has 0 bridgehead atoms. The fraction of sp³-hybridized carbons (Fsp3) is 0.500. The zero-order valence-electron chi connectivity index (χ0n) is 14.8. The van der Waals surface area contributed by atoms with Crippen molar-refractivity contribution in [3.8, 4) is 5.75 Å². The molecule has 0 aliphatic carbocycles. The summed E-state index contributed by atoms with van der Waals surface area (Å²) < 4.78 is 5.37. The van der Waals surface area contributed by atoms with Crippen LogP contribution in [0.15, 0.2) is 24.3 Å². The van der Waals surface area contributed by atoms with Crippen molar-refractivity contribution in [3.63, 3.8) is 0 Å². The van der Waals surface area contributed by atoms with Gasteiger partial charge in [0.1, 0.15) is 11.8 Å². The monoisotopic (exact) mass is 360 g/mol. The first-order chi connectivity index (χ1) is 12.6. The second-order valence-corrected chi connectivity index (χ2v) is 6.43. The molecule has 3 amide bonds. The SMILES string of the molecule is CCOc1ccc(N2C(=O)CC(NNC(=O)C3CCCNC3)C2=O)cc1. The molecule has 2 unspecified atom stereocenters. The van der Waals surface area contributed by atoms with Crippen LogP contribution < -0.4 is 25.8 Å². The summed E-state index contributed by atoms with van der Waals surface area (Å²) in [5, 5.41) is 3.17. The van der Waals surface area contributed by atoms with E-state index < -0.39 is 6.04 Å². The number of hydrogen-bond acceptors (Lipinski definition) is 6. The summed E-state index contributed by atoms with van der Waals surface area (Å²) in [6, 6.07) is 6.04. The van der Waals surface area contributed by atoms with Crippen molar-refractivity contribution in [2.45, 2.75) is 32.2 Å². The maximum absolute atomic E-state index is 12.6. The van der Waals surface area contributed by atoms with E-state index in [9.17, 15) is 14.4 Å². The number of hydrazine groups is 1. The van der Waals surface area contributed by atoms with Gasteiger partial charge in [0.25, 0.3) is 5.91 Å². The second kappa shape index (κ2) is 8.29. The Hall–Kier alpha value is -2.45. The molecule has 0 radical (unpaired) electrons. The Bertz CT molecular complexity index is 670. The van der Waals surface area contributed by atoms with Gasteiger partial charge in [-0.15, -0.1) is 0 Å². The molecule has 0 saturated carbocycles. The van der Waals surface area contributed by atoms with Crippen LogP contribution in [-0.4, -0.2) is 43.5 Å². The first kappa shape index (κ1) is 18.3. The normalized spacial score (nSPS) is 23.2. The first-order valence-electron chi connectivity index (χ1n) is 8.96. The fourth-order valence-electron chi connectivity index (χ4n) is 3.21. The molecule has 2 aliphatic heterocycles. The lowest BCUT2D eigenvalue weighted by Crippen LogP contribution is -2.51. The van der Waals surface area contributed by atoms with Crippen LogP contribution in [0.3, 0.4) is 0 Å². The quantitative estimate of drug-likeness (QED) is 0.500. The fourth-order valence-corrected chi connectivity index (χ4v) is 3.21. The molecule has 8 heteroatoms. The summed E-state index contributed by atoms with van der Waals surface area (Å²) in [6.45, 7) is 3.98.